The van der Waals surface area contributed by atoms with Crippen LogP contribution in [0.25, 0.3) is 10.9 Å². The van der Waals surface area contributed by atoms with Crippen molar-refractivity contribution in [3.05, 3.63) is 34.4 Å². The molecule has 0 bridgehead atoms. The zero-order chi connectivity index (χ0) is 11.2. The molecule has 0 unspecified atom stereocenters. The lowest BCUT2D eigenvalue weighted by Crippen LogP contribution is -2.13. The number of hydrogen-bond acceptors (Lipinski definition) is 1. The lowest BCUT2D eigenvalue weighted by Gasteiger charge is -2.10. The predicted octanol–water partition coefficient (Wildman–Crippen LogP) is 3.31. The molecule has 0 aliphatic heterocycles. The van der Waals surface area contributed by atoms with Gasteiger partial charge in [-0.15, -0.1) is 0 Å². The highest BCUT2D eigenvalue weighted by molar-refractivity contribution is 9.10. The van der Waals surface area contributed by atoms with E-state index in [2.05, 4.69) is 45.2 Å². The fraction of sp³-hybridized carbons (Fsp3) is 0.385. The van der Waals surface area contributed by atoms with E-state index in [0.29, 0.717) is 5.41 Å². The Labute approximate surface area is 103 Å². The minimum Gasteiger partial charge on any atom is -0.358 e. The third-order valence-electron chi connectivity index (χ3n) is 3.63. The fourth-order valence-electron chi connectivity index (χ4n) is 2.47. The van der Waals surface area contributed by atoms with Crippen LogP contribution in [-0.4, -0.2) is 11.5 Å². The summed E-state index contributed by atoms with van der Waals surface area (Å²) in [5, 5.41) is 1.28. The van der Waals surface area contributed by atoms with Crippen molar-refractivity contribution >= 4 is 26.8 Å². The number of rotatable bonds is 3. The van der Waals surface area contributed by atoms with Crippen molar-refractivity contribution in [2.45, 2.75) is 24.7 Å². The molecule has 3 rings (SSSR count). The lowest BCUT2D eigenvalue weighted by molar-refractivity contribution is 0.615. The third kappa shape index (κ3) is 1.59. The van der Waals surface area contributed by atoms with Gasteiger partial charge in [0.05, 0.1) is 0 Å². The monoisotopic (exact) mass is 278 g/mol. The van der Waals surface area contributed by atoms with E-state index in [1.165, 1.54) is 29.4 Å². The summed E-state index contributed by atoms with van der Waals surface area (Å²) in [4.78, 5) is 3.53. The Morgan fingerprint density at radius 3 is 2.81 bits per heavy atom. The molecule has 2 aromatic rings. The molecule has 0 amide bonds. The molecule has 1 saturated carbocycles. The molecule has 0 radical (unpaired) electrons. The Balaban J connectivity index is 2.05. The number of H-pyrrole nitrogens is 1. The van der Waals surface area contributed by atoms with Gasteiger partial charge in [-0.25, -0.2) is 0 Å². The highest BCUT2D eigenvalue weighted by atomic mass is 79.9. The standard InChI is InChI=1S/C13H15BrN2/c14-10-1-2-11-9(7-10)8-12(16-11)13(3-4-13)5-6-15/h1-2,7-8,16H,3-6,15H2. The first-order valence-corrected chi connectivity index (χ1v) is 6.52. The van der Waals surface area contributed by atoms with Crippen LogP contribution in [0.1, 0.15) is 25.0 Å². The SMILES string of the molecule is NCCC1(c2cc3cc(Br)ccc3[nH]2)CC1. The van der Waals surface area contributed by atoms with Gasteiger partial charge in [0.25, 0.3) is 0 Å². The van der Waals surface area contributed by atoms with E-state index in [4.69, 9.17) is 5.73 Å². The molecule has 84 valence electrons. The van der Waals surface area contributed by atoms with Crippen LogP contribution in [0, 0.1) is 0 Å². The van der Waals surface area contributed by atoms with E-state index in [1.807, 2.05) is 0 Å². The number of aromatic nitrogens is 1. The van der Waals surface area contributed by atoms with E-state index in [9.17, 15) is 0 Å². The van der Waals surface area contributed by atoms with E-state index in [-0.39, 0.29) is 0 Å². The topological polar surface area (TPSA) is 41.8 Å². The average molecular weight is 279 g/mol. The molecule has 1 fully saturated rings. The van der Waals surface area contributed by atoms with Crippen molar-refractivity contribution in [3.8, 4) is 0 Å². The summed E-state index contributed by atoms with van der Waals surface area (Å²) in [6, 6.07) is 8.64. The predicted molar refractivity (Wildman–Crippen MR) is 70.6 cm³/mol. The van der Waals surface area contributed by atoms with Crippen LogP contribution in [0.4, 0.5) is 0 Å². The maximum absolute atomic E-state index is 5.69. The molecule has 0 atom stereocenters. The summed E-state index contributed by atoms with van der Waals surface area (Å²) in [5.41, 5.74) is 8.64. The maximum atomic E-state index is 5.69. The number of nitrogens with two attached hydrogens (primary N) is 1. The van der Waals surface area contributed by atoms with E-state index < -0.39 is 0 Å². The first kappa shape index (κ1) is 10.4. The highest BCUT2D eigenvalue weighted by Gasteiger charge is 2.44. The zero-order valence-corrected chi connectivity index (χ0v) is 10.7. The van der Waals surface area contributed by atoms with Gasteiger partial charge in [0.1, 0.15) is 0 Å². The van der Waals surface area contributed by atoms with Crippen molar-refractivity contribution < 1.29 is 0 Å². The summed E-state index contributed by atoms with van der Waals surface area (Å²) in [7, 11) is 0. The zero-order valence-electron chi connectivity index (χ0n) is 9.09. The van der Waals surface area contributed by atoms with Crippen molar-refractivity contribution in [3.63, 3.8) is 0 Å². The fourth-order valence-corrected chi connectivity index (χ4v) is 2.85. The molecule has 0 spiro atoms. The van der Waals surface area contributed by atoms with Crippen LogP contribution in [0.15, 0.2) is 28.7 Å². The van der Waals surface area contributed by atoms with Crippen LogP contribution in [0.5, 0.6) is 0 Å². The van der Waals surface area contributed by atoms with Crippen LogP contribution in [-0.2, 0) is 5.41 Å². The molecule has 1 aliphatic carbocycles. The number of halogens is 1. The van der Waals surface area contributed by atoms with Crippen molar-refractivity contribution in [2.24, 2.45) is 5.73 Å². The van der Waals surface area contributed by atoms with Crippen LogP contribution in [0.2, 0.25) is 0 Å². The second-order valence-corrected chi connectivity index (χ2v) is 5.65. The van der Waals surface area contributed by atoms with Gasteiger partial charge in [-0.2, -0.15) is 0 Å². The first-order valence-electron chi connectivity index (χ1n) is 5.72. The number of hydrogen-bond donors (Lipinski definition) is 2. The molecule has 3 heteroatoms. The minimum atomic E-state index is 0.361. The van der Waals surface area contributed by atoms with Gasteiger partial charge in [-0.1, -0.05) is 15.9 Å². The van der Waals surface area contributed by atoms with Gasteiger partial charge in [-0.05, 0) is 50.1 Å². The highest BCUT2D eigenvalue weighted by Crippen LogP contribution is 2.50. The molecule has 0 saturated heterocycles. The van der Waals surface area contributed by atoms with Crippen LogP contribution < -0.4 is 5.73 Å². The van der Waals surface area contributed by atoms with Crippen LogP contribution in [0.3, 0.4) is 0 Å². The molecule has 1 aliphatic rings. The Morgan fingerprint density at radius 2 is 2.12 bits per heavy atom. The number of benzene rings is 1. The van der Waals surface area contributed by atoms with Crippen LogP contribution >= 0.6 is 15.9 Å². The second kappa shape index (κ2) is 3.60. The smallest absolute Gasteiger partial charge is 0.0457 e. The van der Waals surface area contributed by atoms with Gasteiger partial charge in [0.2, 0.25) is 0 Å². The van der Waals surface area contributed by atoms with E-state index in [0.717, 1.165) is 17.4 Å². The molecule has 3 N–H and O–H groups in total. The average Bonchev–Trinajstić information content (AvgIpc) is 2.91. The van der Waals surface area contributed by atoms with E-state index >= 15 is 0 Å². The summed E-state index contributed by atoms with van der Waals surface area (Å²) >= 11 is 3.50. The second-order valence-electron chi connectivity index (χ2n) is 4.73. The number of fused-ring (bicyclic) bond motifs is 1. The molecule has 2 nitrogen and oxygen atoms in total. The van der Waals surface area contributed by atoms with Gasteiger partial charge < -0.3 is 10.7 Å². The van der Waals surface area contributed by atoms with Gasteiger partial charge in [0, 0.05) is 26.5 Å². The van der Waals surface area contributed by atoms with Gasteiger partial charge >= 0.3 is 0 Å². The molecule has 1 aromatic carbocycles. The van der Waals surface area contributed by atoms with Crippen molar-refractivity contribution in [2.75, 3.05) is 6.54 Å². The number of nitrogens with one attached hydrogen (secondary N) is 1. The summed E-state index contributed by atoms with van der Waals surface area (Å²) < 4.78 is 1.13. The number of aromatic amines is 1. The normalized spacial score (nSPS) is 17.9. The molecule has 1 aromatic heterocycles. The quantitative estimate of drug-likeness (QED) is 0.889. The third-order valence-corrected chi connectivity index (χ3v) is 4.12. The molecule has 16 heavy (non-hydrogen) atoms. The lowest BCUT2D eigenvalue weighted by atomic mass is 9.98. The molecular weight excluding hydrogens is 264 g/mol. The Bertz CT molecular complexity index is 526. The summed E-state index contributed by atoms with van der Waals surface area (Å²) in [6.45, 7) is 0.777. The Morgan fingerprint density at radius 1 is 1.31 bits per heavy atom. The summed E-state index contributed by atoms with van der Waals surface area (Å²) in [5.74, 6) is 0. The Kier molecular flexibility index (Phi) is 2.33. The first-order chi connectivity index (χ1) is 7.73. The van der Waals surface area contributed by atoms with Gasteiger partial charge in [-0.3, -0.25) is 0 Å². The van der Waals surface area contributed by atoms with E-state index in [1.54, 1.807) is 0 Å². The van der Waals surface area contributed by atoms with Crippen molar-refractivity contribution in [1.29, 1.82) is 0 Å². The Hall–Kier alpha value is -0.800. The van der Waals surface area contributed by atoms with Crippen molar-refractivity contribution in [1.82, 2.24) is 4.98 Å². The molecule has 1 heterocycles. The maximum Gasteiger partial charge on any atom is 0.0457 e. The largest absolute Gasteiger partial charge is 0.358 e. The summed E-state index contributed by atoms with van der Waals surface area (Å²) in [6.07, 6.45) is 3.65. The minimum absolute atomic E-state index is 0.361. The molecular formula is C13H15BrN2. The van der Waals surface area contributed by atoms with Gasteiger partial charge in [0.15, 0.2) is 0 Å².